The smallest absolute Gasteiger partial charge is 0.252 e. The van der Waals surface area contributed by atoms with Crippen LogP contribution in [0.3, 0.4) is 0 Å². The summed E-state index contributed by atoms with van der Waals surface area (Å²) in [6.45, 7) is 2.78. The van der Waals surface area contributed by atoms with Gasteiger partial charge in [-0.1, -0.05) is 15.9 Å². The minimum Gasteiger partial charge on any atom is -0.372 e. The summed E-state index contributed by atoms with van der Waals surface area (Å²) in [5.41, 5.74) is 1.56. The van der Waals surface area contributed by atoms with Crippen LogP contribution in [0.2, 0.25) is 0 Å². The van der Waals surface area contributed by atoms with E-state index in [-0.39, 0.29) is 11.5 Å². The third-order valence-electron chi connectivity index (χ3n) is 4.69. The lowest BCUT2D eigenvalue weighted by molar-refractivity contribution is 0.0950. The highest BCUT2D eigenvalue weighted by Gasteiger charge is 2.19. The maximum Gasteiger partial charge on any atom is 0.252 e. The molecule has 0 saturated carbocycles. The molecule has 1 aliphatic heterocycles. The molecule has 0 spiro atoms. The van der Waals surface area contributed by atoms with Crippen LogP contribution in [0, 0.1) is 5.92 Å². The predicted molar refractivity (Wildman–Crippen MR) is 103 cm³/mol. The van der Waals surface area contributed by atoms with Gasteiger partial charge in [-0.15, -0.1) is 0 Å². The first-order valence-electron chi connectivity index (χ1n) is 8.59. The van der Waals surface area contributed by atoms with Crippen molar-refractivity contribution in [3.8, 4) is 0 Å². The monoisotopic (exact) mass is 403 g/mol. The zero-order valence-electron chi connectivity index (χ0n) is 14.0. The van der Waals surface area contributed by atoms with E-state index >= 15 is 0 Å². The van der Waals surface area contributed by atoms with Gasteiger partial charge in [0.25, 0.3) is 5.91 Å². The van der Waals surface area contributed by atoms with E-state index in [1.165, 1.54) is 18.0 Å². The molecule has 0 bridgehead atoms. The van der Waals surface area contributed by atoms with Crippen LogP contribution in [0.4, 0.5) is 5.69 Å². The van der Waals surface area contributed by atoms with E-state index in [2.05, 4.69) is 55.4 Å². The van der Waals surface area contributed by atoms with E-state index < -0.39 is 0 Å². The van der Waals surface area contributed by atoms with Crippen molar-refractivity contribution in [2.45, 2.75) is 19.3 Å². The molecule has 25 heavy (non-hydrogen) atoms. The number of anilines is 1. The number of hydrogen-bond donors (Lipinski definition) is 2. The van der Waals surface area contributed by atoms with Crippen LogP contribution in [0.15, 0.2) is 51.9 Å². The molecule has 2 N–H and O–H groups in total. The third-order valence-corrected chi connectivity index (χ3v) is 5.22. The van der Waals surface area contributed by atoms with Crippen molar-refractivity contribution in [2.24, 2.45) is 5.92 Å². The van der Waals surface area contributed by atoms with Gasteiger partial charge in [0.15, 0.2) is 0 Å². The second kappa shape index (κ2) is 8.34. The molecule has 3 rings (SSSR count). The molecule has 1 aliphatic rings. The molecule has 0 aliphatic carbocycles. The van der Waals surface area contributed by atoms with E-state index in [0.717, 1.165) is 36.8 Å². The molecule has 1 aromatic heterocycles. The van der Waals surface area contributed by atoms with Crippen molar-refractivity contribution in [2.75, 3.05) is 24.5 Å². The number of piperidine rings is 1. The van der Waals surface area contributed by atoms with Gasteiger partial charge in [0.1, 0.15) is 0 Å². The first-order chi connectivity index (χ1) is 12.1. The summed E-state index contributed by atoms with van der Waals surface area (Å²) in [5, 5.41) is 2.94. The molecular formula is C19H22BrN3O2. The minimum atomic E-state index is -0.200. The maximum absolute atomic E-state index is 12.0. The first-order valence-corrected chi connectivity index (χ1v) is 9.38. The van der Waals surface area contributed by atoms with E-state index in [0.29, 0.717) is 18.0 Å². The van der Waals surface area contributed by atoms with Crippen LogP contribution < -0.4 is 15.8 Å². The lowest BCUT2D eigenvalue weighted by Gasteiger charge is -2.33. The zero-order valence-corrected chi connectivity index (χ0v) is 15.6. The van der Waals surface area contributed by atoms with E-state index in [4.69, 9.17) is 0 Å². The second-order valence-electron chi connectivity index (χ2n) is 6.39. The molecule has 132 valence electrons. The molecule has 1 saturated heterocycles. The Morgan fingerprint density at radius 2 is 1.88 bits per heavy atom. The van der Waals surface area contributed by atoms with Crippen LogP contribution >= 0.6 is 15.9 Å². The number of amides is 1. The van der Waals surface area contributed by atoms with Gasteiger partial charge >= 0.3 is 0 Å². The lowest BCUT2D eigenvalue weighted by Crippen LogP contribution is -2.35. The summed E-state index contributed by atoms with van der Waals surface area (Å²) in [5.74, 6) is 0.506. The maximum atomic E-state index is 12.0. The fourth-order valence-corrected chi connectivity index (χ4v) is 3.44. The lowest BCUT2D eigenvalue weighted by atomic mass is 9.93. The Balaban J connectivity index is 1.40. The highest BCUT2D eigenvalue weighted by molar-refractivity contribution is 9.10. The molecule has 0 radical (unpaired) electrons. The number of H-pyrrole nitrogens is 1. The number of rotatable bonds is 5. The summed E-state index contributed by atoms with van der Waals surface area (Å²) in [4.78, 5) is 28.0. The number of carbonyl (C=O) groups excluding carboxylic acids is 1. The van der Waals surface area contributed by atoms with Crippen LogP contribution in [-0.2, 0) is 0 Å². The van der Waals surface area contributed by atoms with Gasteiger partial charge in [0, 0.05) is 42.1 Å². The summed E-state index contributed by atoms with van der Waals surface area (Å²) in [7, 11) is 0. The van der Waals surface area contributed by atoms with Crippen LogP contribution in [0.25, 0.3) is 0 Å². The highest BCUT2D eigenvalue weighted by Crippen LogP contribution is 2.26. The second-order valence-corrected chi connectivity index (χ2v) is 7.31. The Kier molecular flexibility index (Phi) is 5.91. The van der Waals surface area contributed by atoms with Crippen molar-refractivity contribution in [3.05, 3.63) is 63.0 Å². The molecule has 6 heteroatoms. The highest BCUT2D eigenvalue weighted by atomic mass is 79.9. The van der Waals surface area contributed by atoms with Crippen molar-refractivity contribution >= 4 is 27.5 Å². The predicted octanol–water partition coefficient (Wildman–Crippen LogP) is 3.17. The molecule has 2 aromatic rings. The van der Waals surface area contributed by atoms with Gasteiger partial charge in [-0.25, -0.2) is 0 Å². The van der Waals surface area contributed by atoms with Crippen molar-refractivity contribution < 1.29 is 4.79 Å². The number of benzene rings is 1. The van der Waals surface area contributed by atoms with Gasteiger partial charge < -0.3 is 15.2 Å². The molecule has 1 aromatic carbocycles. The number of pyridine rings is 1. The average Bonchev–Trinajstić information content (AvgIpc) is 2.63. The Morgan fingerprint density at radius 3 is 2.52 bits per heavy atom. The summed E-state index contributed by atoms with van der Waals surface area (Å²) < 4.78 is 1.10. The average molecular weight is 404 g/mol. The van der Waals surface area contributed by atoms with Gasteiger partial charge in [0.2, 0.25) is 5.56 Å². The first kappa shape index (κ1) is 17.7. The summed E-state index contributed by atoms with van der Waals surface area (Å²) in [6, 6.07) is 11.4. The van der Waals surface area contributed by atoms with Gasteiger partial charge in [-0.05, 0) is 55.5 Å². The SMILES string of the molecule is O=C(NCCC1CCN(c2ccc(Br)cc2)CC1)c1ccc(=O)[nH]c1. The summed E-state index contributed by atoms with van der Waals surface area (Å²) >= 11 is 3.47. The number of carbonyl (C=O) groups is 1. The minimum absolute atomic E-state index is 0.136. The number of nitrogens with zero attached hydrogens (tertiary/aromatic N) is 1. The third kappa shape index (κ3) is 4.95. The number of aromatic nitrogens is 1. The Hall–Kier alpha value is -2.08. The number of nitrogens with one attached hydrogen (secondary N) is 2. The van der Waals surface area contributed by atoms with Crippen LogP contribution in [0.5, 0.6) is 0 Å². The summed E-state index contributed by atoms with van der Waals surface area (Å²) in [6.07, 6.45) is 4.73. The van der Waals surface area contributed by atoms with Crippen molar-refractivity contribution in [1.29, 1.82) is 0 Å². The van der Waals surface area contributed by atoms with Gasteiger partial charge in [-0.3, -0.25) is 9.59 Å². The topological polar surface area (TPSA) is 65.2 Å². The number of halogens is 1. The van der Waals surface area contributed by atoms with Crippen LogP contribution in [0.1, 0.15) is 29.6 Å². The molecule has 0 atom stereocenters. The Labute approximate surface area is 155 Å². The number of aromatic amines is 1. The molecule has 5 nitrogen and oxygen atoms in total. The van der Waals surface area contributed by atoms with E-state index in [1.54, 1.807) is 6.07 Å². The van der Waals surface area contributed by atoms with Gasteiger partial charge in [-0.2, -0.15) is 0 Å². The number of hydrogen-bond acceptors (Lipinski definition) is 3. The standard InChI is InChI=1S/C19H22BrN3O2/c20-16-2-4-17(5-3-16)23-11-8-14(9-12-23)7-10-21-19(25)15-1-6-18(24)22-13-15/h1-6,13-14H,7-12H2,(H,21,25)(H,22,24). The van der Waals surface area contributed by atoms with Crippen LogP contribution in [-0.4, -0.2) is 30.5 Å². The molecule has 1 amide bonds. The molecule has 2 heterocycles. The van der Waals surface area contributed by atoms with Crippen molar-refractivity contribution in [3.63, 3.8) is 0 Å². The van der Waals surface area contributed by atoms with E-state index in [1.807, 2.05) is 0 Å². The Bertz CT molecular complexity index is 744. The fourth-order valence-electron chi connectivity index (χ4n) is 3.18. The fraction of sp³-hybridized carbons (Fsp3) is 0.368. The Morgan fingerprint density at radius 1 is 1.16 bits per heavy atom. The quantitative estimate of drug-likeness (QED) is 0.805. The zero-order chi connectivity index (χ0) is 17.6. The largest absolute Gasteiger partial charge is 0.372 e. The molecular weight excluding hydrogens is 382 g/mol. The molecule has 1 fully saturated rings. The normalized spacial score (nSPS) is 15.2. The van der Waals surface area contributed by atoms with Gasteiger partial charge in [0.05, 0.1) is 5.56 Å². The molecule has 0 unspecified atom stereocenters. The van der Waals surface area contributed by atoms with Crippen molar-refractivity contribution in [1.82, 2.24) is 10.3 Å². The van der Waals surface area contributed by atoms with E-state index in [9.17, 15) is 9.59 Å².